The number of imide groups is 1. The van der Waals surface area contributed by atoms with E-state index in [1.54, 1.807) is 27.7 Å². The number of ether oxygens (including phenoxy) is 1. The molecule has 0 spiro atoms. The summed E-state index contributed by atoms with van der Waals surface area (Å²) in [5.74, 6) is -11.1. The fraction of sp³-hybridized carbons (Fsp3) is 0.750. The second-order valence-electron chi connectivity index (χ2n) is 12.8. The number of ketones is 3. The summed E-state index contributed by atoms with van der Waals surface area (Å²) in [6, 6.07) is -4.75. The van der Waals surface area contributed by atoms with E-state index in [1.165, 1.54) is 20.8 Å². The first-order valence-electron chi connectivity index (χ1n) is 14.3. The molecule has 0 aromatic carbocycles. The molecule has 244 valence electrons. The number of amides is 3. The smallest absolute Gasteiger partial charge is 0.418 e. The molecule has 5 unspecified atom stereocenters. The second-order valence-corrected chi connectivity index (χ2v) is 12.8. The van der Waals surface area contributed by atoms with E-state index in [1.807, 2.05) is 0 Å². The largest absolute Gasteiger partial charge is 0.479 e. The maximum Gasteiger partial charge on any atom is 0.418 e. The normalized spacial score (nSPS) is 19.6. The number of nitrogens with zero attached hydrogens (tertiary/aromatic N) is 1. The molecule has 0 saturated carbocycles. The zero-order valence-electron chi connectivity index (χ0n) is 26.1. The van der Waals surface area contributed by atoms with Gasteiger partial charge in [0.1, 0.15) is 5.60 Å². The van der Waals surface area contributed by atoms with E-state index in [9.17, 15) is 38.7 Å². The number of carboxylic acid groups (broad SMARTS) is 1. The summed E-state index contributed by atoms with van der Waals surface area (Å²) >= 11 is 0. The van der Waals surface area contributed by atoms with Gasteiger partial charge in [-0.1, -0.05) is 27.7 Å². The van der Waals surface area contributed by atoms with Gasteiger partial charge in [-0.25, -0.2) is 14.5 Å². The summed E-state index contributed by atoms with van der Waals surface area (Å²) in [7, 11) is 0. The summed E-state index contributed by atoms with van der Waals surface area (Å²) in [6.45, 7) is 9.82. The second kappa shape index (κ2) is 14.5. The van der Waals surface area contributed by atoms with E-state index in [4.69, 9.17) is 27.7 Å². The van der Waals surface area contributed by atoms with Crippen LogP contribution in [0.5, 0.6) is 0 Å². The van der Waals surface area contributed by atoms with Crippen molar-refractivity contribution >= 4 is 41.2 Å². The number of Topliss-reactive ketones (excluding diaryl/α,β-unsaturated/α-hetero) is 3. The monoisotopic (exact) mass is 612 g/mol. The first-order valence-corrected chi connectivity index (χ1v) is 14.3. The van der Waals surface area contributed by atoms with Gasteiger partial charge in [0.15, 0.2) is 17.3 Å². The Balaban J connectivity index is 4.55. The Morgan fingerprint density at radius 2 is 1.47 bits per heavy atom. The highest BCUT2D eigenvalue weighted by Gasteiger charge is 2.78. The Bertz CT molecular complexity index is 1110. The van der Waals surface area contributed by atoms with Gasteiger partial charge in [-0.05, 0) is 64.8 Å². The minimum atomic E-state index is -3.95. The van der Waals surface area contributed by atoms with Gasteiger partial charge in [-0.3, -0.25) is 24.0 Å². The Morgan fingerprint density at radius 3 is 1.84 bits per heavy atom. The van der Waals surface area contributed by atoms with Crippen molar-refractivity contribution in [1.29, 1.82) is 0 Å². The number of aliphatic carboxylic acids is 1. The Labute approximate surface area is 251 Å². The average molecular weight is 613 g/mol. The first-order chi connectivity index (χ1) is 19.6. The van der Waals surface area contributed by atoms with Gasteiger partial charge in [0.25, 0.3) is 0 Å². The highest BCUT2D eigenvalue weighted by molar-refractivity contribution is 6.36. The van der Waals surface area contributed by atoms with Crippen LogP contribution in [0.2, 0.25) is 0 Å². The van der Waals surface area contributed by atoms with Crippen LogP contribution in [0, 0.1) is 17.3 Å². The molecule has 1 heterocycles. The Hall–Kier alpha value is -3.27. The van der Waals surface area contributed by atoms with Gasteiger partial charge in [-0.2, -0.15) is 0 Å². The van der Waals surface area contributed by atoms with E-state index in [-0.39, 0.29) is 42.5 Å². The van der Waals surface area contributed by atoms with Gasteiger partial charge >= 0.3 is 12.1 Å². The number of nitrogens with one attached hydrogen (secondary N) is 1. The molecule has 1 saturated heterocycles. The standard InChI is InChI=1S/C28H48N6O9/c1-14(2)11-16(30)20(36)27(23(32)39,21(37)18-9-8-10-33-18)28(24(40)41,19(35)13-29)34(25(42)43-26(5,6)7)22(38)17(31)12-15(3)4/h14-18,33H,8-13,29-31H2,1-7H3,(H2,32,39)(H,40,41). The molecule has 5 atom stereocenters. The molecule has 0 aromatic rings. The summed E-state index contributed by atoms with van der Waals surface area (Å²) in [4.78, 5) is 98.1. The summed E-state index contributed by atoms with van der Waals surface area (Å²) in [6.07, 6.45) is -1.69. The molecule has 1 aliphatic rings. The number of carboxylic acids is 1. The SMILES string of the molecule is CC(C)CC(N)C(=O)N(C(=O)OC(C)(C)C)C(C(=O)O)(C(=O)CN)C(C(N)=O)(C(=O)C(N)CC(C)C)C(=O)C1CCCN1. The molecular weight excluding hydrogens is 564 g/mol. The number of hydrogen-bond donors (Lipinski definition) is 6. The minimum Gasteiger partial charge on any atom is -0.479 e. The predicted octanol–water partition coefficient (Wildman–Crippen LogP) is -0.790. The van der Waals surface area contributed by atoms with Crippen LogP contribution in [-0.2, 0) is 33.5 Å². The third-order valence-electron chi connectivity index (χ3n) is 7.16. The van der Waals surface area contributed by atoms with Gasteiger partial charge in [0, 0.05) is 0 Å². The average Bonchev–Trinajstić information content (AvgIpc) is 3.40. The van der Waals surface area contributed by atoms with Crippen molar-refractivity contribution in [3.05, 3.63) is 0 Å². The topological polar surface area (TPSA) is 268 Å². The zero-order chi connectivity index (χ0) is 33.7. The van der Waals surface area contributed by atoms with E-state index < -0.39 is 82.5 Å². The molecule has 0 radical (unpaired) electrons. The van der Waals surface area contributed by atoms with E-state index >= 15 is 0 Å². The molecule has 0 aromatic heterocycles. The molecule has 10 N–H and O–H groups in total. The maximum absolute atomic E-state index is 14.5. The quantitative estimate of drug-likeness (QED) is 0.124. The molecule has 1 rings (SSSR count). The number of carbonyl (C=O) groups is 7. The van der Waals surface area contributed by atoms with Crippen molar-refractivity contribution < 1.29 is 43.4 Å². The van der Waals surface area contributed by atoms with Crippen LogP contribution in [0.15, 0.2) is 0 Å². The highest BCUT2D eigenvalue weighted by Crippen LogP contribution is 2.44. The molecule has 0 bridgehead atoms. The van der Waals surface area contributed by atoms with Crippen LogP contribution in [0.25, 0.3) is 0 Å². The number of rotatable bonds is 15. The van der Waals surface area contributed by atoms with E-state index in [2.05, 4.69) is 5.32 Å². The molecule has 3 amide bonds. The lowest BCUT2D eigenvalue weighted by Gasteiger charge is -2.49. The third-order valence-corrected chi connectivity index (χ3v) is 7.16. The van der Waals surface area contributed by atoms with Crippen LogP contribution < -0.4 is 28.3 Å². The van der Waals surface area contributed by atoms with Crippen molar-refractivity contribution in [2.24, 2.45) is 40.2 Å². The van der Waals surface area contributed by atoms with Crippen LogP contribution >= 0.6 is 0 Å². The van der Waals surface area contributed by atoms with Crippen molar-refractivity contribution in [3.8, 4) is 0 Å². The maximum atomic E-state index is 14.5. The number of carbonyl (C=O) groups excluding carboxylic acids is 6. The lowest BCUT2D eigenvalue weighted by molar-refractivity contribution is -0.183. The Morgan fingerprint density at radius 1 is 0.953 bits per heavy atom. The minimum absolute atomic E-state index is 0.0142. The first kappa shape index (κ1) is 37.8. The van der Waals surface area contributed by atoms with Gasteiger partial charge in [-0.15, -0.1) is 0 Å². The molecule has 15 heteroatoms. The van der Waals surface area contributed by atoms with E-state index in [0.29, 0.717) is 6.42 Å². The summed E-state index contributed by atoms with van der Waals surface area (Å²) < 4.78 is 5.34. The molecular formula is C28H48N6O9. The van der Waals surface area contributed by atoms with Crippen molar-refractivity contribution in [2.45, 2.75) is 103 Å². The third kappa shape index (κ3) is 7.45. The van der Waals surface area contributed by atoms with Crippen molar-refractivity contribution in [1.82, 2.24) is 10.2 Å². The highest BCUT2D eigenvalue weighted by atomic mass is 16.6. The van der Waals surface area contributed by atoms with Gasteiger partial charge in [0.2, 0.25) is 22.8 Å². The molecule has 1 fully saturated rings. The molecule has 15 nitrogen and oxygen atoms in total. The summed E-state index contributed by atoms with van der Waals surface area (Å²) in [5, 5.41) is 13.7. The fourth-order valence-corrected chi connectivity index (χ4v) is 5.46. The number of hydrogen-bond acceptors (Lipinski definition) is 12. The Kier molecular flexibility index (Phi) is 12.7. The summed E-state index contributed by atoms with van der Waals surface area (Å²) in [5.41, 5.74) is 14.7. The fourth-order valence-electron chi connectivity index (χ4n) is 5.46. The predicted molar refractivity (Wildman–Crippen MR) is 155 cm³/mol. The molecule has 43 heavy (non-hydrogen) atoms. The van der Waals surface area contributed by atoms with Crippen molar-refractivity contribution in [2.75, 3.05) is 13.1 Å². The molecule has 0 aliphatic carbocycles. The van der Waals surface area contributed by atoms with Crippen LogP contribution in [0.4, 0.5) is 4.79 Å². The van der Waals surface area contributed by atoms with Crippen LogP contribution in [-0.4, -0.2) is 93.6 Å². The number of nitrogens with two attached hydrogens (primary N) is 4. The molecule has 1 aliphatic heterocycles. The lowest BCUT2D eigenvalue weighted by atomic mass is 9.57. The zero-order valence-corrected chi connectivity index (χ0v) is 26.1. The van der Waals surface area contributed by atoms with Gasteiger partial charge in [0.05, 0.1) is 24.7 Å². The number of primary amides is 1. The van der Waals surface area contributed by atoms with Crippen LogP contribution in [0.3, 0.4) is 0 Å². The lowest BCUT2D eigenvalue weighted by Crippen LogP contribution is -2.82. The van der Waals surface area contributed by atoms with Crippen molar-refractivity contribution in [3.63, 3.8) is 0 Å². The van der Waals surface area contributed by atoms with Crippen LogP contribution in [0.1, 0.15) is 74.1 Å². The van der Waals surface area contributed by atoms with Gasteiger partial charge < -0.3 is 38.1 Å². The van der Waals surface area contributed by atoms with E-state index in [0.717, 1.165) is 0 Å².